The van der Waals surface area contributed by atoms with E-state index in [1.165, 1.54) is 29.2 Å². The third-order valence-electron chi connectivity index (χ3n) is 4.09. The lowest BCUT2D eigenvalue weighted by atomic mass is 10.1. The van der Waals surface area contributed by atoms with Crippen molar-refractivity contribution >= 4 is 17.5 Å². The number of benzene rings is 2. The average Bonchev–Trinajstić information content (AvgIpc) is 3.09. The summed E-state index contributed by atoms with van der Waals surface area (Å²) in [4.78, 5) is 25.2. The van der Waals surface area contributed by atoms with Crippen molar-refractivity contribution in [2.45, 2.75) is 19.3 Å². The van der Waals surface area contributed by atoms with Crippen LogP contribution in [0.4, 0.5) is 10.1 Å². The number of halogens is 1. The molecule has 1 aliphatic heterocycles. The molecule has 0 aromatic heterocycles. The maximum absolute atomic E-state index is 13.1. The van der Waals surface area contributed by atoms with Crippen molar-refractivity contribution in [2.24, 2.45) is 5.73 Å². The van der Waals surface area contributed by atoms with Crippen molar-refractivity contribution < 1.29 is 23.5 Å². The SMILES string of the molecule is NC(=O)CCN(C(=O)CCc1ccc2c(c1)OCO2)c1ccc(F)cc1. The number of fused-ring (bicyclic) bond motifs is 1. The normalized spacial score (nSPS) is 12.0. The smallest absolute Gasteiger partial charge is 0.231 e. The molecule has 0 saturated carbocycles. The minimum Gasteiger partial charge on any atom is -0.454 e. The van der Waals surface area contributed by atoms with E-state index in [4.69, 9.17) is 15.2 Å². The highest BCUT2D eigenvalue weighted by molar-refractivity contribution is 5.94. The molecule has 2 aromatic rings. The van der Waals surface area contributed by atoms with Crippen LogP contribution in [-0.4, -0.2) is 25.2 Å². The van der Waals surface area contributed by atoms with Gasteiger partial charge in [-0.15, -0.1) is 0 Å². The van der Waals surface area contributed by atoms with Gasteiger partial charge in [-0.3, -0.25) is 9.59 Å². The van der Waals surface area contributed by atoms with Gasteiger partial charge in [0.15, 0.2) is 11.5 Å². The summed E-state index contributed by atoms with van der Waals surface area (Å²) < 4.78 is 23.7. The van der Waals surface area contributed by atoms with Gasteiger partial charge in [0.05, 0.1) is 0 Å². The zero-order chi connectivity index (χ0) is 18.5. The highest BCUT2D eigenvalue weighted by Gasteiger charge is 2.18. The molecule has 0 spiro atoms. The number of hydrogen-bond donors (Lipinski definition) is 1. The number of nitrogens with two attached hydrogens (primary N) is 1. The number of primary amides is 1. The number of carbonyl (C=O) groups is 2. The molecule has 2 aromatic carbocycles. The molecule has 0 atom stereocenters. The van der Waals surface area contributed by atoms with E-state index >= 15 is 0 Å². The predicted octanol–water partition coefficient (Wildman–Crippen LogP) is 2.40. The van der Waals surface area contributed by atoms with Crippen LogP contribution >= 0.6 is 0 Å². The third kappa shape index (κ3) is 4.30. The van der Waals surface area contributed by atoms with Crippen LogP contribution in [0.2, 0.25) is 0 Å². The second-order valence-corrected chi connectivity index (χ2v) is 5.93. The Bertz CT molecular complexity index is 808. The van der Waals surface area contributed by atoms with Gasteiger partial charge in [-0.25, -0.2) is 4.39 Å². The molecular weight excluding hydrogens is 339 g/mol. The Morgan fingerprint density at radius 2 is 1.77 bits per heavy atom. The predicted molar refractivity (Wildman–Crippen MR) is 93.5 cm³/mol. The average molecular weight is 358 g/mol. The minimum absolute atomic E-state index is 0.0349. The molecule has 0 radical (unpaired) electrons. The monoisotopic (exact) mass is 358 g/mol. The molecule has 0 unspecified atom stereocenters. The summed E-state index contributed by atoms with van der Waals surface area (Å²) in [5.74, 6) is 0.293. The van der Waals surface area contributed by atoms with Crippen molar-refractivity contribution in [1.29, 1.82) is 0 Å². The highest BCUT2D eigenvalue weighted by Crippen LogP contribution is 2.32. The third-order valence-corrected chi connectivity index (χ3v) is 4.09. The van der Waals surface area contributed by atoms with Gasteiger partial charge < -0.3 is 20.1 Å². The van der Waals surface area contributed by atoms with Gasteiger partial charge >= 0.3 is 0 Å². The largest absolute Gasteiger partial charge is 0.454 e. The van der Waals surface area contributed by atoms with E-state index in [0.29, 0.717) is 23.6 Å². The van der Waals surface area contributed by atoms with Gasteiger partial charge in [-0.05, 0) is 48.4 Å². The minimum atomic E-state index is -0.499. The van der Waals surface area contributed by atoms with Crippen LogP contribution in [0.25, 0.3) is 0 Å². The zero-order valence-corrected chi connectivity index (χ0v) is 14.1. The van der Waals surface area contributed by atoms with Crippen molar-refractivity contribution in [3.63, 3.8) is 0 Å². The first-order valence-electron chi connectivity index (χ1n) is 8.26. The number of anilines is 1. The van der Waals surface area contributed by atoms with E-state index in [1.54, 1.807) is 0 Å². The molecule has 1 heterocycles. The summed E-state index contributed by atoms with van der Waals surface area (Å²) in [5, 5.41) is 0. The molecule has 6 nitrogen and oxygen atoms in total. The van der Waals surface area contributed by atoms with Crippen LogP contribution in [0.15, 0.2) is 42.5 Å². The molecule has 0 saturated heterocycles. The Labute approximate surface area is 150 Å². The summed E-state index contributed by atoms with van der Waals surface area (Å²) >= 11 is 0. The van der Waals surface area contributed by atoms with Crippen LogP contribution in [0.3, 0.4) is 0 Å². The second-order valence-electron chi connectivity index (χ2n) is 5.93. The Morgan fingerprint density at radius 1 is 1.04 bits per heavy atom. The van der Waals surface area contributed by atoms with Crippen molar-refractivity contribution in [2.75, 3.05) is 18.2 Å². The molecule has 1 aliphatic rings. The molecule has 2 N–H and O–H groups in total. The van der Waals surface area contributed by atoms with Crippen LogP contribution in [0, 0.1) is 5.82 Å². The van der Waals surface area contributed by atoms with Crippen LogP contribution < -0.4 is 20.1 Å². The lowest BCUT2D eigenvalue weighted by molar-refractivity contribution is -0.119. The molecule has 3 rings (SSSR count). The first kappa shape index (κ1) is 17.7. The summed E-state index contributed by atoms with van der Waals surface area (Å²) in [6.07, 6.45) is 0.770. The first-order valence-corrected chi connectivity index (χ1v) is 8.26. The Hall–Kier alpha value is -3.09. The Morgan fingerprint density at radius 3 is 2.50 bits per heavy atom. The number of rotatable bonds is 7. The maximum atomic E-state index is 13.1. The molecule has 0 fully saturated rings. The van der Waals surface area contributed by atoms with Gasteiger partial charge in [0.1, 0.15) is 5.82 Å². The number of hydrogen-bond acceptors (Lipinski definition) is 4. The topological polar surface area (TPSA) is 81.9 Å². The fraction of sp³-hybridized carbons (Fsp3) is 0.263. The number of aryl methyl sites for hydroxylation is 1. The lowest BCUT2D eigenvalue weighted by Gasteiger charge is -2.22. The van der Waals surface area contributed by atoms with Crippen molar-refractivity contribution in [1.82, 2.24) is 0 Å². The van der Waals surface area contributed by atoms with Gasteiger partial charge in [0.2, 0.25) is 18.6 Å². The van der Waals surface area contributed by atoms with Crippen LogP contribution in [0.1, 0.15) is 18.4 Å². The highest BCUT2D eigenvalue weighted by atomic mass is 19.1. The molecule has 26 heavy (non-hydrogen) atoms. The fourth-order valence-corrected chi connectivity index (χ4v) is 2.72. The van der Waals surface area contributed by atoms with E-state index in [-0.39, 0.29) is 32.1 Å². The van der Waals surface area contributed by atoms with Gasteiger partial charge in [0, 0.05) is 25.1 Å². The van der Waals surface area contributed by atoms with Crippen LogP contribution in [-0.2, 0) is 16.0 Å². The summed E-state index contributed by atoms with van der Waals surface area (Å²) in [5.41, 5.74) is 6.67. The number of ether oxygens (including phenoxy) is 2. The van der Waals surface area contributed by atoms with E-state index in [0.717, 1.165) is 5.56 Å². The van der Waals surface area contributed by atoms with Crippen molar-refractivity contribution in [3.05, 3.63) is 53.8 Å². The van der Waals surface area contributed by atoms with E-state index in [2.05, 4.69) is 0 Å². The van der Waals surface area contributed by atoms with Gasteiger partial charge in [-0.1, -0.05) is 6.07 Å². The second kappa shape index (κ2) is 7.86. The molecule has 0 aliphatic carbocycles. The molecular formula is C19H19FN2O4. The number of nitrogens with zero attached hydrogens (tertiary/aromatic N) is 1. The van der Waals surface area contributed by atoms with E-state index in [9.17, 15) is 14.0 Å². The van der Waals surface area contributed by atoms with Crippen LogP contribution in [0.5, 0.6) is 11.5 Å². The standard InChI is InChI=1S/C19H19FN2O4/c20-14-3-5-15(6-4-14)22(10-9-18(21)23)19(24)8-2-13-1-7-16-17(11-13)26-12-25-16/h1,3-7,11H,2,8-10,12H2,(H2,21,23). The summed E-state index contributed by atoms with van der Waals surface area (Å²) in [7, 11) is 0. The summed E-state index contributed by atoms with van der Waals surface area (Å²) in [6.45, 7) is 0.351. The number of carbonyl (C=O) groups excluding carboxylic acids is 2. The zero-order valence-electron chi connectivity index (χ0n) is 14.1. The quantitative estimate of drug-likeness (QED) is 0.824. The van der Waals surface area contributed by atoms with E-state index < -0.39 is 11.7 Å². The number of amides is 2. The van der Waals surface area contributed by atoms with Gasteiger partial charge in [0.25, 0.3) is 0 Å². The Kier molecular flexibility index (Phi) is 5.36. The van der Waals surface area contributed by atoms with Crippen molar-refractivity contribution in [3.8, 4) is 11.5 Å². The Balaban J connectivity index is 1.68. The summed E-state index contributed by atoms with van der Waals surface area (Å²) in [6, 6.07) is 11.1. The molecule has 2 amide bonds. The van der Waals surface area contributed by atoms with E-state index in [1.807, 2.05) is 18.2 Å². The molecule has 0 bridgehead atoms. The fourth-order valence-electron chi connectivity index (χ4n) is 2.72. The first-order chi connectivity index (χ1) is 12.5. The lowest BCUT2D eigenvalue weighted by Crippen LogP contribution is -2.34. The molecule has 7 heteroatoms. The molecule has 136 valence electrons. The maximum Gasteiger partial charge on any atom is 0.231 e. The van der Waals surface area contributed by atoms with Gasteiger partial charge in [-0.2, -0.15) is 0 Å².